The van der Waals surface area contributed by atoms with Crippen LogP contribution in [0.5, 0.6) is 11.5 Å². The van der Waals surface area contributed by atoms with E-state index in [-0.39, 0.29) is 37.6 Å². The van der Waals surface area contributed by atoms with Crippen LogP contribution >= 0.6 is 0 Å². The first-order chi connectivity index (χ1) is 19.1. The van der Waals surface area contributed by atoms with Crippen LogP contribution in [0.25, 0.3) is 0 Å². The van der Waals surface area contributed by atoms with Crippen molar-refractivity contribution in [1.82, 2.24) is 0 Å². The van der Waals surface area contributed by atoms with E-state index >= 15 is 0 Å². The Balaban J connectivity index is 2.40. The molecular formula is C27H34N2O10S2. The predicted molar refractivity (Wildman–Crippen MR) is 156 cm³/mol. The Bertz CT molecular complexity index is 1390. The highest BCUT2D eigenvalue weighted by Crippen LogP contribution is 2.39. The molecular weight excluding hydrogens is 576 g/mol. The summed E-state index contributed by atoms with van der Waals surface area (Å²) in [5.74, 6) is -1.37. The summed E-state index contributed by atoms with van der Waals surface area (Å²) in [6.45, 7) is 10.7. The summed E-state index contributed by atoms with van der Waals surface area (Å²) in [7, 11) is -8.27. The van der Waals surface area contributed by atoms with Gasteiger partial charge < -0.3 is 20.1 Å². The zero-order valence-electron chi connectivity index (χ0n) is 22.8. The van der Waals surface area contributed by atoms with Crippen LogP contribution < -0.4 is 20.1 Å². The number of amides is 2. The molecule has 0 saturated carbocycles. The van der Waals surface area contributed by atoms with Gasteiger partial charge in [0, 0.05) is 5.41 Å². The van der Waals surface area contributed by atoms with Crippen LogP contribution in [0, 0.1) is 0 Å². The Labute approximate surface area is 239 Å². The number of nitrogens with one attached hydrogen (secondary N) is 2. The largest absolute Gasteiger partial charge is 0.491 e. The molecule has 0 heterocycles. The minimum atomic E-state index is -4.13. The van der Waals surface area contributed by atoms with E-state index in [4.69, 9.17) is 18.6 Å². The highest BCUT2D eigenvalue weighted by molar-refractivity contribution is 7.86. The van der Waals surface area contributed by atoms with E-state index in [0.717, 1.165) is 23.3 Å². The van der Waals surface area contributed by atoms with Gasteiger partial charge in [-0.15, -0.1) is 0 Å². The molecule has 14 heteroatoms. The van der Waals surface area contributed by atoms with E-state index in [1.54, 1.807) is 36.4 Å². The molecule has 2 aromatic carbocycles. The standard InChI is InChI=1S/C27H34N2O10S2/c1-5-25(30)28-21-17-19(9-11-23(21)38-13-7-15-40(32,33)34)27(3,4)20-10-12-24(22(18-20)29-26(31)6-2)39-14-8-16-41(35,36)37/h5-6,9-12,17-18H,1-2,7-8,13-16H2,3-4H3,(H,28,30)(H,29,31)(H,32,33,34)(H,35,36,37). The number of ether oxygens (including phenoxy) is 2. The van der Waals surface area contributed by atoms with Crippen molar-refractivity contribution in [3.63, 3.8) is 0 Å². The Hall–Kier alpha value is -3.72. The third-order valence-electron chi connectivity index (χ3n) is 5.90. The quantitative estimate of drug-likeness (QED) is 0.124. The summed E-state index contributed by atoms with van der Waals surface area (Å²) in [5, 5.41) is 5.35. The fourth-order valence-corrected chi connectivity index (χ4v) is 4.63. The minimum Gasteiger partial charge on any atom is -0.491 e. The van der Waals surface area contributed by atoms with E-state index in [1.165, 1.54) is 0 Å². The Morgan fingerprint density at radius 1 is 0.780 bits per heavy atom. The fraction of sp³-hybridized carbons (Fsp3) is 0.333. The van der Waals surface area contributed by atoms with Gasteiger partial charge in [-0.25, -0.2) is 0 Å². The van der Waals surface area contributed by atoms with Crippen molar-refractivity contribution < 1.29 is 45.0 Å². The third kappa shape index (κ3) is 11.0. The van der Waals surface area contributed by atoms with E-state index in [2.05, 4.69) is 23.8 Å². The number of rotatable bonds is 16. The molecule has 2 aromatic rings. The lowest BCUT2D eigenvalue weighted by molar-refractivity contribution is -0.112. The van der Waals surface area contributed by atoms with Crippen LogP contribution in [0.4, 0.5) is 11.4 Å². The molecule has 0 aliphatic heterocycles. The number of anilines is 2. The van der Waals surface area contributed by atoms with Gasteiger partial charge in [-0.1, -0.05) is 39.1 Å². The van der Waals surface area contributed by atoms with Crippen LogP contribution in [0.1, 0.15) is 37.8 Å². The Morgan fingerprint density at radius 2 is 1.15 bits per heavy atom. The summed E-state index contributed by atoms with van der Waals surface area (Å²) < 4.78 is 73.0. The smallest absolute Gasteiger partial charge is 0.264 e. The zero-order chi connectivity index (χ0) is 30.8. The molecule has 0 saturated heterocycles. The first-order valence-corrected chi connectivity index (χ1v) is 15.6. The molecule has 12 nitrogen and oxygen atoms in total. The van der Waals surface area contributed by atoms with Crippen LogP contribution in [0.15, 0.2) is 61.7 Å². The van der Waals surface area contributed by atoms with Crippen molar-refractivity contribution in [2.75, 3.05) is 35.4 Å². The number of carbonyl (C=O) groups excluding carboxylic acids is 2. The van der Waals surface area contributed by atoms with Gasteiger partial charge in [0.1, 0.15) is 11.5 Å². The molecule has 41 heavy (non-hydrogen) atoms. The molecule has 0 aliphatic carbocycles. The van der Waals surface area contributed by atoms with Gasteiger partial charge in [0.25, 0.3) is 20.2 Å². The predicted octanol–water partition coefficient (Wildman–Crippen LogP) is 3.57. The molecule has 224 valence electrons. The van der Waals surface area contributed by atoms with Gasteiger partial charge in [0.15, 0.2) is 0 Å². The number of carbonyl (C=O) groups is 2. The third-order valence-corrected chi connectivity index (χ3v) is 7.51. The van der Waals surface area contributed by atoms with Gasteiger partial charge in [0.2, 0.25) is 11.8 Å². The van der Waals surface area contributed by atoms with E-state index in [9.17, 15) is 26.4 Å². The molecule has 0 bridgehead atoms. The van der Waals surface area contributed by atoms with Gasteiger partial charge in [-0.3, -0.25) is 18.7 Å². The molecule has 2 amide bonds. The van der Waals surface area contributed by atoms with E-state index in [1.807, 2.05) is 13.8 Å². The fourth-order valence-electron chi connectivity index (χ4n) is 3.67. The van der Waals surface area contributed by atoms with Gasteiger partial charge in [0.05, 0.1) is 36.1 Å². The maximum atomic E-state index is 12.1. The number of hydrogen-bond acceptors (Lipinski definition) is 8. The minimum absolute atomic E-state index is 0.0302. The van der Waals surface area contributed by atoms with Crippen LogP contribution in [0.3, 0.4) is 0 Å². The van der Waals surface area contributed by atoms with Gasteiger partial charge in [-0.2, -0.15) is 16.8 Å². The van der Waals surface area contributed by atoms with Crippen LogP contribution in [-0.4, -0.2) is 62.5 Å². The maximum absolute atomic E-state index is 12.1. The second-order valence-electron chi connectivity index (χ2n) is 9.41. The van der Waals surface area contributed by atoms with Crippen molar-refractivity contribution in [2.24, 2.45) is 0 Å². The number of benzene rings is 2. The highest BCUT2D eigenvalue weighted by Gasteiger charge is 2.26. The molecule has 0 unspecified atom stereocenters. The lowest BCUT2D eigenvalue weighted by Gasteiger charge is -2.28. The average Bonchev–Trinajstić information content (AvgIpc) is 2.88. The van der Waals surface area contributed by atoms with Crippen molar-refractivity contribution in [1.29, 1.82) is 0 Å². The maximum Gasteiger partial charge on any atom is 0.264 e. The highest BCUT2D eigenvalue weighted by atomic mass is 32.2. The van der Waals surface area contributed by atoms with Crippen molar-refractivity contribution >= 4 is 43.4 Å². The Morgan fingerprint density at radius 3 is 1.46 bits per heavy atom. The van der Waals surface area contributed by atoms with E-state index in [0.29, 0.717) is 11.4 Å². The molecule has 4 N–H and O–H groups in total. The van der Waals surface area contributed by atoms with E-state index < -0.39 is 49.0 Å². The topological polar surface area (TPSA) is 185 Å². The van der Waals surface area contributed by atoms with Crippen molar-refractivity contribution in [3.05, 3.63) is 72.8 Å². The normalized spacial score (nSPS) is 11.8. The first kappa shape index (κ1) is 33.5. The molecule has 2 rings (SSSR count). The average molecular weight is 611 g/mol. The second-order valence-corrected chi connectivity index (χ2v) is 12.6. The van der Waals surface area contributed by atoms with Gasteiger partial charge in [-0.05, 0) is 60.4 Å². The van der Waals surface area contributed by atoms with Crippen LogP contribution in [0.2, 0.25) is 0 Å². The summed E-state index contributed by atoms with van der Waals surface area (Å²) in [5.41, 5.74) is 1.40. The zero-order valence-corrected chi connectivity index (χ0v) is 24.4. The second kappa shape index (κ2) is 14.3. The number of hydrogen-bond donors (Lipinski definition) is 4. The van der Waals surface area contributed by atoms with Gasteiger partial charge >= 0.3 is 0 Å². The molecule has 0 spiro atoms. The molecule has 0 radical (unpaired) electrons. The molecule has 0 aromatic heterocycles. The molecule has 0 aliphatic rings. The SMILES string of the molecule is C=CC(=O)Nc1cc(C(C)(C)c2ccc(OCCCS(=O)(=O)O)c(NC(=O)C=C)c2)ccc1OCCCS(=O)(=O)O. The summed E-state index contributed by atoms with van der Waals surface area (Å²) in [4.78, 5) is 24.2. The summed E-state index contributed by atoms with van der Waals surface area (Å²) in [6, 6.07) is 10.2. The summed E-state index contributed by atoms with van der Waals surface area (Å²) in [6.07, 6.45) is 2.24. The van der Waals surface area contributed by atoms with Crippen molar-refractivity contribution in [3.8, 4) is 11.5 Å². The monoisotopic (exact) mass is 610 g/mol. The summed E-state index contributed by atoms with van der Waals surface area (Å²) >= 11 is 0. The lowest BCUT2D eigenvalue weighted by Crippen LogP contribution is -2.21. The lowest BCUT2D eigenvalue weighted by atomic mass is 9.77. The van der Waals surface area contributed by atoms with Crippen molar-refractivity contribution in [2.45, 2.75) is 32.1 Å². The van der Waals surface area contributed by atoms with Crippen LogP contribution in [-0.2, 0) is 35.2 Å². The Kier molecular flexibility index (Phi) is 11.6. The molecule has 0 fully saturated rings. The first-order valence-electron chi connectivity index (χ1n) is 12.4. The molecule has 0 atom stereocenters.